The van der Waals surface area contributed by atoms with Crippen LogP contribution in [0.4, 0.5) is 0 Å². The Labute approximate surface area is 103 Å². The van der Waals surface area contributed by atoms with Crippen LogP contribution in [-0.2, 0) is 4.79 Å². The lowest BCUT2D eigenvalue weighted by Gasteiger charge is -2.23. The second kappa shape index (κ2) is 6.01. The number of carbonyl (C=O) groups excluding carboxylic acids is 1. The van der Waals surface area contributed by atoms with Crippen LogP contribution in [0.1, 0.15) is 38.5 Å². The molecule has 0 spiro atoms. The van der Waals surface area contributed by atoms with E-state index in [1.807, 2.05) is 12.2 Å². The van der Waals surface area contributed by atoms with Crippen LogP contribution in [-0.4, -0.2) is 19.0 Å². The average Bonchev–Trinajstić information content (AvgIpc) is 2.38. The predicted octanol–water partition coefficient (Wildman–Crippen LogP) is 1.90. The fourth-order valence-electron chi connectivity index (χ4n) is 2.69. The van der Waals surface area contributed by atoms with Crippen molar-refractivity contribution in [2.24, 2.45) is 11.7 Å². The topological polar surface area (TPSA) is 55.1 Å². The number of nitrogens with one attached hydrogen (secondary N) is 1. The number of nitrogens with two attached hydrogens (primary N) is 1. The second-order valence-electron chi connectivity index (χ2n) is 5.10. The molecule has 1 saturated heterocycles. The lowest BCUT2D eigenvalue weighted by Crippen LogP contribution is -2.27. The summed E-state index contributed by atoms with van der Waals surface area (Å²) in [6.45, 7) is 2.33. The first-order chi connectivity index (χ1) is 8.25. The molecule has 2 aliphatic rings. The van der Waals surface area contributed by atoms with Gasteiger partial charge in [-0.3, -0.25) is 4.79 Å². The van der Waals surface area contributed by atoms with E-state index in [0.29, 0.717) is 5.57 Å². The summed E-state index contributed by atoms with van der Waals surface area (Å²) >= 11 is 0. The van der Waals surface area contributed by atoms with Crippen molar-refractivity contribution in [3.8, 4) is 0 Å². The predicted molar refractivity (Wildman–Crippen MR) is 69.4 cm³/mol. The maximum Gasteiger partial charge on any atom is 0.248 e. The zero-order valence-corrected chi connectivity index (χ0v) is 10.4. The molecule has 0 aromatic heterocycles. The van der Waals surface area contributed by atoms with E-state index in [0.717, 1.165) is 38.3 Å². The Kier molecular flexibility index (Phi) is 4.37. The lowest BCUT2D eigenvalue weighted by atomic mass is 9.88. The summed E-state index contributed by atoms with van der Waals surface area (Å²) in [5.41, 5.74) is 7.42. The number of amides is 1. The molecule has 0 aromatic carbocycles. The molecule has 0 radical (unpaired) electrons. The molecule has 1 heterocycles. The SMILES string of the molecule is NC(=O)C1=CCCC(CCC2CCNCC2)=C1. The molecule has 0 bridgehead atoms. The van der Waals surface area contributed by atoms with Crippen molar-refractivity contribution < 1.29 is 4.79 Å². The van der Waals surface area contributed by atoms with Crippen LogP contribution in [0.5, 0.6) is 0 Å². The third kappa shape index (κ3) is 3.70. The van der Waals surface area contributed by atoms with Gasteiger partial charge in [0, 0.05) is 5.57 Å². The third-order valence-corrected chi connectivity index (χ3v) is 3.81. The van der Waals surface area contributed by atoms with E-state index in [4.69, 9.17) is 5.73 Å². The quantitative estimate of drug-likeness (QED) is 0.780. The summed E-state index contributed by atoms with van der Waals surface area (Å²) in [5.74, 6) is 0.573. The zero-order valence-electron chi connectivity index (χ0n) is 10.4. The minimum atomic E-state index is -0.288. The van der Waals surface area contributed by atoms with Crippen LogP contribution < -0.4 is 11.1 Å². The molecule has 0 atom stereocenters. The Morgan fingerprint density at radius 1 is 1.41 bits per heavy atom. The molecule has 94 valence electrons. The van der Waals surface area contributed by atoms with E-state index in [-0.39, 0.29) is 5.91 Å². The van der Waals surface area contributed by atoms with Gasteiger partial charge >= 0.3 is 0 Å². The number of primary amides is 1. The van der Waals surface area contributed by atoms with Crippen LogP contribution in [0.15, 0.2) is 23.3 Å². The van der Waals surface area contributed by atoms with Crippen molar-refractivity contribution in [1.82, 2.24) is 5.32 Å². The number of hydrogen-bond acceptors (Lipinski definition) is 2. The average molecular weight is 234 g/mol. The summed E-state index contributed by atoms with van der Waals surface area (Å²) in [6.07, 6.45) is 11.0. The van der Waals surface area contributed by atoms with E-state index in [2.05, 4.69) is 5.32 Å². The van der Waals surface area contributed by atoms with Crippen LogP contribution in [0.2, 0.25) is 0 Å². The van der Waals surface area contributed by atoms with Gasteiger partial charge in [0.2, 0.25) is 5.91 Å². The molecule has 3 heteroatoms. The van der Waals surface area contributed by atoms with Gasteiger partial charge in [0.25, 0.3) is 0 Å². The highest BCUT2D eigenvalue weighted by Gasteiger charge is 2.15. The monoisotopic (exact) mass is 234 g/mol. The minimum Gasteiger partial charge on any atom is -0.366 e. The van der Waals surface area contributed by atoms with Gasteiger partial charge in [-0.15, -0.1) is 0 Å². The maximum absolute atomic E-state index is 11.1. The summed E-state index contributed by atoms with van der Waals surface area (Å²) in [4.78, 5) is 11.1. The van der Waals surface area contributed by atoms with Gasteiger partial charge in [-0.2, -0.15) is 0 Å². The first-order valence-electron chi connectivity index (χ1n) is 6.66. The Hall–Kier alpha value is -1.09. The van der Waals surface area contributed by atoms with Crippen LogP contribution in [0.3, 0.4) is 0 Å². The molecule has 3 nitrogen and oxygen atoms in total. The number of piperidine rings is 1. The van der Waals surface area contributed by atoms with Crippen molar-refractivity contribution in [3.63, 3.8) is 0 Å². The van der Waals surface area contributed by atoms with Gasteiger partial charge in [0.05, 0.1) is 0 Å². The molecule has 1 fully saturated rings. The fourth-order valence-corrected chi connectivity index (χ4v) is 2.69. The molecule has 1 aliphatic heterocycles. The van der Waals surface area contributed by atoms with E-state index >= 15 is 0 Å². The van der Waals surface area contributed by atoms with Crippen molar-refractivity contribution in [2.45, 2.75) is 38.5 Å². The zero-order chi connectivity index (χ0) is 12.1. The Morgan fingerprint density at radius 3 is 2.88 bits per heavy atom. The number of hydrogen-bond donors (Lipinski definition) is 2. The third-order valence-electron chi connectivity index (χ3n) is 3.81. The Morgan fingerprint density at radius 2 is 2.18 bits per heavy atom. The highest BCUT2D eigenvalue weighted by Crippen LogP contribution is 2.25. The number of rotatable bonds is 4. The number of allylic oxidation sites excluding steroid dienone is 2. The van der Waals surface area contributed by atoms with Gasteiger partial charge in [0.15, 0.2) is 0 Å². The molecule has 17 heavy (non-hydrogen) atoms. The Balaban J connectivity index is 1.82. The molecular formula is C14H22N2O. The van der Waals surface area contributed by atoms with E-state index in [9.17, 15) is 4.79 Å². The summed E-state index contributed by atoms with van der Waals surface area (Å²) in [5, 5.41) is 3.39. The van der Waals surface area contributed by atoms with Gasteiger partial charge in [-0.1, -0.05) is 17.7 Å². The van der Waals surface area contributed by atoms with Crippen LogP contribution in [0, 0.1) is 5.92 Å². The molecule has 1 aliphatic carbocycles. The summed E-state index contributed by atoms with van der Waals surface area (Å²) < 4.78 is 0. The van der Waals surface area contributed by atoms with Gasteiger partial charge in [-0.25, -0.2) is 0 Å². The molecule has 0 saturated carbocycles. The lowest BCUT2D eigenvalue weighted by molar-refractivity contribution is -0.114. The smallest absolute Gasteiger partial charge is 0.248 e. The standard InChI is InChI=1S/C14H22N2O/c15-14(17)13-3-1-2-12(10-13)5-4-11-6-8-16-9-7-11/h3,10-11,16H,1-2,4-9H2,(H2,15,17). The molecule has 2 rings (SSSR count). The van der Waals surface area contributed by atoms with E-state index in [1.165, 1.54) is 24.8 Å². The summed E-state index contributed by atoms with van der Waals surface area (Å²) in [6, 6.07) is 0. The van der Waals surface area contributed by atoms with E-state index in [1.54, 1.807) is 0 Å². The molecule has 1 amide bonds. The summed E-state index contributed by atoms with van der Waals surface area (Å²) in [7, 11) is 0. The Bertz CT molecular complexity index is 338. The highest BCUT2D eigenvalue weighted by atomic mass is 16.1. The molecule has 0 aromatic rings. The highest BCUT2D eigenvalue weighted by molar-refractivity contribution is 5.95. The van der Waals surface area contributed by atoms with E-state index < -0.39 is 0 Å². The van der Waals surface area contributed by atoms with Crippen LogP contribution in [0.25, 0.3) is 0 Å². The van der Waals surface area contributed by atoms with Gasteiger partial charge in [0.1, 0.15) is 0 Å². The van der Waals surface area contributed by atoms with Crippen molar-refractivity contribution in [3.05, 3.63) is 23.3 Å². The minimum absolute atomic E-state index is 0.288. The molecule has 0 unspecified atom stereocenters. The van der Waals surface area contributed by atoms with Gasteiger partial charge < -0.3 is 11.1 Å². The van der Waals surface area contributed by atoms with Crippen molar-refractivity contribution in [1.29, 1.82) is 0 Å². The first kappa shape index (κ1) is 12.4. The normalized spacial score (nSPS) is 21.9. The van der Waals surface area contributed by atoms with Crippen molar-refractivity contribution >= 4 is 5.91 Å². The maximum atomic E-state index is 11.1. The second-order valence-corrected chi connectivity index (χ2v) is 5.10. The van der Waals surface area contributed by atoms with Crippen LogP contribution >= 0.6 is 0 Å². The number of carbonyl (C=O) groups is 1. The molecule has 3 N–H and O–H groups in total. The largest absolute Gasteiger partial charge is 0.366 e. The first-order valence-corrected chi connectivity index (χ1v) is 6.66. The molecular weight excluding hydrogens is 212 g/mol. The van der Waals surface area contributed by atoms with Crippen molar-refractivity contribution in [2.75, 3.05) is 13.1 Å². The van der Waals surface area contributed by atoms with Gasteiger partial charge in [-0.05, 0) is 57.5 Å². The fraction of sp³-hybridized carbons (Fsp3) is 0.643.